The Morgan fingerprint density at radius 2 is 2.00 bits per heavy atom. The van der Waals surface area contributed by atoms with Crippen molar-refractivity contribution in [2.75, 3.05) is 13.1 Å². The van der Waals surface area contributed by atoms with E-state index in [0.29, 0.717) is 28.2 Å². The van der Waals surface area contributed by atoms with Gasteiger partial charge < -0.3 is 9.64 Å². The molecule has 0 fully saturated rings. The zero-order valence-corrected chi connectivity index (χ0v) is 18.0. The minimum atomic E-state index is -0.882. The summed E-state index contributed by atoms with van der Waals surface area (Å²) in [7, 11) is 0. The van der Waals surface area contributed by atoms with E-state index in [1.165, 1.54) is 23.7 Å². The number of non-ortho nitro benzene ring substituents is 1. The Kier molecular flexibility index (Phi) is 8.16. The predicted octanol–water partition coefficient (Wildman–Crippen LogP) is 5.43. The quantitative estimate of drug-likeness (QED) is 0.363. The maximum Gasteiger partial charge on any atom is 0.272 e. The summed E-state index contributed by atoms with van der Waals surface area (Å²) in [4.78, 5) is 33.6. The number of rotatable bonds is 7. The van der Waals surface area contributed by atoms with Crippen molar-refractivity contribution in [2.24, 2.45) is 0 Å². The Hall–Kier alpha value is -3.14. The van der Waals surface area contributed by atoms with Crippen molar-refractivity contribution in [3.05, 3.63) is 51.4 Å². The Morgan fingerprint density at radius 1 is 1.27 bits per heavy atom. The maximum absolute atomic E-state index is 14.1. The normalized spacial score (nSPS) is 10.3. The molecular formula is C20H23FN4O4S. The Balaban J connectivity index is 0.00000155. The van der Waals surface area contributed by atoms with Crippen molar-refractivity contribution >= 4 is 33.1 Å². The van der Waals surface area contributed by atoms with Gasteiger partial charge in [-0.1, -0.05) is 20.8 Å². The van der Waals surface area contributed by atoms with E-state index < -0.39 is 10.7 Å². The largest absolute Gasteiger partial charge is 0.435 e. The number of ether oxygens (including phenoxy) is 1. The first kappa shape index (κ1) is 23.1. The SMILES string of the molecule is CC.CCCN(CC)C(=O)c1cc2c(Oc3ccc([N+](=O)[O-])cc3F)ncnc2s1. The molecular weight excluding hydrogens is 411 g/mol. The molecule has 0 unspecified atom stereocenters. The highest BCUT2D eigenvalue weighted by Gasteiger charge is 2.20. The number of carbonyl (C=O) groups is 1. The lowest BCUT2D eigenvalue weighted by atomic mass is 10.3. The number of hydrogen-bond acceptors (Lipinski definition) is 7. The molecule has 0 radical (unpaired) electrons. The number of hydrogen-bond donors (Lipinski definition) is 0. The molecule has 2 heterocycles. The molecule has 0 N–H and O–H groups in total. The molecule has 160 valence electrons. The molecule has 0 atom stereocenters. The number of amides is 1. The minimum Gasteiger partial charge on any atom is -0.435 e. The van der Waals surface area contributed by atoms with E-state index in [0.717, 1.165) is 18.6 Å². The first-order valence-corrected chi connectivity index (χ1v) is 10.4. The van der Waals surface area contributed by atoms with Gasteiger partial charge in [0.1, 0.15) is 11.2 Å². The highest BCUT2D eigenvalue weighted by Crippen LogP contribution is 2.34. The zero-order valence-electron chi connectivity index (χ0n) is 17.2. The van der Waals surface area contributed by atoms with Crippen LogP contribution in [0.2, 0.25) is 0 Å². The molecule has 0 aliphatic rings. The molecule has 30 heavy (non-hydrogen) atoms. The molecule has 0 aliphatic heterocycles. The zero-order chi connectivity index (χ0) is 22.3. The van der Waals surface area contributed by atoms with Crippen LogP contribution < -0.4 is 4.74 Å². The van der Waals surface area contributed by atoms with Crippen LogP contribution in [0.1, 0.15) is 43.8 Å². The second-order valence-electron chi connectivity index (χ2n) is 5.87. The molecule has 8 nitrogen and oxygen atoms in total. The number of nitro benzene ring substituents is 1. The average Bonchev–Trinajstić information content (AvgIpc) is 3.19. The summed E-state index contributed by atoms with van der Waals surface area (Å²) < 4.78 is 19.7. The lowest BCUT2D eigenvalue weighted by molar-refractivity contribution is -0.385. The fraction of sp³-hybridized carbons (Fsp3) is 0.350. The van der Waals surface area contributed by atoms with Crippen LogP contribution in [0, 0.1) is 15.9 Å². The van der Waals surface area contributed by atoms with Gasteiger partial charge >= 0.3 is 0 Å². The van der Waals surface area contributed by atoms with E-state index in [4.69, 9.17) is 4.74 Å². The van der Waals surface area contributed by atoms with Crippen LogP contribution in [-0.4, -0.2) is 38.8 Å². The van der Waals surface area contributed by atoms with Crippen LogP contribution in [-0.2, 0) is 0 Å². The fourth-order valence-electron chi connectivity index (χ4n) is 2.64. The van der Waals surface area contributed by atoms with Crippen LogP contribution >= 0.6 is 11.3 Å². The molecule has 1 amide bonds. The van der Waals surface area contributed by atoms with Crippen LogP contribution in [0.25, 0.3) is 10.2 Å². The first-order chi connectivity index (χ1) is 14.4. The summed E-state index contributed by atoms with van der Waals surface area (Å²) in [6.45, 7) is 9.14. The molecule has 1 aromatic carbocycles. The van der Waals surface area contributed by atoms with Gasteiger partial charge in [0, 0.05) is 19.2 Å². The topological polar surface area (TPSA) is 98.5 Å². The number of nitro groups is 1. The highest BCUT2D eigenvalue weighted by atomic mass is 32.1. The Labute approximate surface area is 177 Å². The minimum absolute atomic E-state index is 0.0755. The van der Waals surface area contributed by atoms with Gasteiger partial charge in [0.15, 0.2) is 11.6 Å². The van der Waals surface area contributed by atoms with E-state index in [2.05, 4.69) is 9.97 Å². The molecule has 0 spiro atoms. The van der Waals surface area contributed by atoms with E-state index in [1.807, 2.05) is 27.7 Å². The molecule has 0 saturated carbocycles. The van der Waals surface area contributed by atoms with Gasteiger partial charge in [-0.15, -0.1) is 11.3 Å². The number of thiophene rings is 1. The van der Waals surface area contributed by atoms with Crippen molar-refractivity contribution in [1.29, 1.82) is 0 Å². The Morgan fingerprint density at radius 3 is 2.60 bits per heavy atom. The monoisotopic (exact) mass is 434 g/mol. The van der Waals surface area contributed by atoms with E-state index in [1.54, 1.807) is 11.0 Å². The van der Waals surface area contributed by atoms with Crippen molar-refractivity contribution < 1.29 is 18.8 Å². The van der Waals surface area contributed by atoms with E-state index >= 15 is 0 Å². The van der Waals surface area contributed by atoms with Crippen molar-refractivity contribution in [3.8, 4) is 11.6 Å². The predicted molar refractivity (Wildman–Crippen MR) is 114 cm³/mol. The number of carbonyl (C=O) groups excluding carboxylic acids is 1. The molecule has 3 rings (SSSR count). The van der Waals surface area contributed by atoms with Gasteiger partial charge in [0.05, 0.1) is 21.3 Å². The van der Waals surface area contributed by atoms with Gasteiger partial charge in [0.2, 0.25) is 5.88 Å². The smallest absolute Gasteiger partial charge is 0.272 e. The summed E-state index contributed by atoms with van der Waals surface area (Å²) in [6, 6.07) is 4.71. The molecule has 0 bridgehead atoms. The fourth-order valence-corrected chi connectivity index (χ4v) is 3.60. The summed E-state index contributed by atoms with van der Waals surface area (Å²) in [5, 5.41) is 11.2. The second-order valence-corrected chi connectivity index (χ2v) is 6.90. The third kappa shape index (κ3) is 5.07. The summed E-state index contributed by atoms with van der Waals surface area (Å²) in [5.74, 6) is -1.12. The third-order valence-electron chi connectivity index (χ3n) is 4.00. The number of aromatic nitrogens is 2. The lowest BCUT2D eigenvalue weighted by Crippen LogP contribution is -2.30. The number of halogens is 1. The third-order valence-corrected chi connectivity index (χ3v) is 5.03. The average molecular weight is 434 g/mol. The number of fused-ring (bicyclic) bond motifs is 1. The van der Waals surface area contributed by atoms with Crippen LogP contribution in [0.5, 0.6) is 11.6 Å². The van der Waals surface area contributed by atoms with Crippen molar-refractivity contribution in [2.45, 2.75) is 34.1 Å². The van der Waals surface area contributed by atoms with Crippen LogP contribution in [0.3, 0.4) is 0 Å². The second kappa shape index (κ2) is 10.6. The summed E-state index contributed by atoms with van der Waals surface area (Å²) in [5.41, 5.74) is -0.378. The standard InChI is InChI=1S/C18H17FN4O4S.C2H6/c1-3-7-22(4-2)18(24)15-9-12-16(20-10-21-17(12)28-15)27-14-6-5-11(23(25)26)8-13(14)19;1-2/h5-6,8-10H,3-4,7H2,1-2H3;1-2H3. The first-order valence-electron chi connectivity index (χ1n) is 9.60. The molecule has 0 saturated heterocycles. The van der Waals surface area contributed by atoms with Crippen molar-refractivity contribution in [1.82, 2.24) is 14.9 Å². The highest BCUT2D eigenvalue weighted by molar-refractivity contribution is 7.20. The summed E-state index contributed by atoms with van der Waals surface area (Å²) in [6.07, 6.45) is 2.10. The van der Waals surface area contributed by atoms with Gasteiger partial charge in [-0.05, 0) is 25.5 Å². The number of benzene rings is 1. The van der Waals surface area contributed by atoms with E-state index in [-0.39, 0.29) is 23.2 Å². The lowest BCUT2D eigenvalue weighted by Gasteiger charge is -2.18. The van der Waals surface area contributed by atoms with Gasteiger partial charge in [-0.3, -0.25) is 14.9 Å². The molecule has 10 heteroatoms. The maximum atomic E-state index is 14.1. The van der Waals surface area contributed by atoms with Gasteiger partial charge in [0.25, 0.3) is 11.6 Å². The molecule has 0 aliphatic carbocycles. The summed E-state index contributed by atoms with van der Waals surface area (Å²) >= 11 is 1.20. The molecule has 2 aromatic heterocycles. The van der Waals surface area contributed by atoms with E-state index in [9.17, 15) is 19.3 Å². The van der Waals surface area contributed by atoms with Gasteiger partial charge in [-0.2, -0.15) is 0 Å². The number of nitrogens with zero attached hydrogens (tertiary/aromatic N) is 4. The van der Waals surface area contributed by atoms with Crippen molar-refractivity contribution in [3.63, 3.8) is 0 Å². The van der Waals surface area contributed by atoms with Crippen LogP contribution in [0.4, 0.5) is 10.1 Å². The Bertz CT molecular complexity index is 1040. The molecule has 3 aromatic rings. The van der Waals surface area contributed by atoms with Crippen LogP contribution in [0.15, 0.2) is 30.6 Å². The van der Waals surface area contributed by atoms with Gasteiger partial charge in [-0.25, -0.2) is 14.4 Å².